The maximum Gasteiger partial charge on any atom is 0.153 e. The molecule has 1 aromatic heterocycles. The van der Waals surface area contributed by atoms with Crippen molar-refractivity contribution >= 4 is 0 Å². The number of nitrogens with zero attached hydrogens (tertiary/aromatic N) is 3. The van der Waals surface area contributed by atoms with Gasteiger partial charge in [0.25, 0.3) is 0 Å². The van der Waals surface area contributed by atoms with Crippen LogP contribution in [0.4, 0.5) is 0 Å². The van der Waals surface area contributed by atoms with Crippen LogP contribution in [0.3, 0.4) is 0 Å². The second kappa shape index (κ2) is 5.53. The monoisotopic (exact) mass is 258 g/mol. The zero-order valence-electron chi connectivity index (χ0n) is 12.1. The Kier molecular flexibility index (Phi) is 4.00. The van der Waals surface area contributed by atoms with Gasteiger partial charge in [0.15, 0.2) is 5.82 Å². The highest BCUT2D eigenvalue weighted by atomic mass is 15.4. The number of hydrogen-bond acceptors (Lipinski definition) is 3. The van der Waals surface area contributed by atoms with Gasteiger partial charge in [-0.1, -0.05) is 19.9 Å². The minimum absolute atomic E-state index is 0.323. The molecule has 19 heavy (non-hydrogen) atoms. The van der Waals surface area contributed by atoms with Crippen LogP contribution in [0.5, 0.6) is 0 Å². The predicted molar refractivity (Wildman–Crippen MR) is 77.7 cm³/mol. The SMILES string of the molecule is Cc1cc(C)cc(-n2nc(C(C)C)nc2CCN)c1. The molecule has 4 heteroatoms. The van der Waals surface area contributed by atoms with Crippen LogP contribution in [0.15, 0.2) is 18.2 Å². The van der Waals surface area contributed by atoms with E-state index in [4.69, 9.17) is 5.73 Å². The lowest BCUT2D eigenvalue weighted by Crippen LogP contribution is -2.10. The average Bonchev–Trinajstić information content (AvgIpc) is 2.72. The summed E-state index contributed by atoms with van der Waals surface area (Å²) >= 11 is 0. The fraction of sp³-hybridized carbons (Fsp3) is 0.467. The lowest BCUT2D eigenvalue weighted by atomic mass is 10.1. The van der Waals surface area contributed by atoms with E-state index in [0.29, 0.717) is 12.5 Å². The van der Waals surface area contributed by atoms with Gasteiger partial charge in [0, 0.05) is 12.3 Å². The molecule has 0 saturated carbocycles. The largest absolute Gasteiger partial charge is 0.330 e. The third-order valence-electron chi connectivity index (χ3n) is 3.03. The summed E-state index contributed by atoms with van der Waals surface area (Å²) in [6.45, 7) is 8.99. The first-order valence-electron chi connectivity index (χ1n) is 6.76. The van der Waals surface area contributed by atoms with E-state index in [9.17, 15) is 0 Å². The fourth-order valence-corrected chi connectivity index (χ4v) is 2.18. The Morgan fingerprint density at radius 2 is 1.79 bits per heavy atom. The molecule has 0 aliphatic heterocycles. The van der Waals surface area contributed by atoms with Gasteiger partial charge in [-0.3, -0.25) is 0 Å². The summed E-state index contributed by atoms with van der Waals surface area (Å²) in [4.78, 5) is 4.61. The Hall–Kier alpha value is -1.68. The second-order valence-corrected chi connectivity index (χ2v) is 5.34. The molecule has 0 bridgehead atoms. The van der Waals surface area contributed by atoms with Gasteiger partial charge in [0.1, 0.15) is 5.82 Å². The molecule has 2 aromatic rings. The average molecular weight is 258 g/mol. The highest BCUT2D eigenvalue weighted by Gasteiger charge is 2.13. The highest BCUT2D eigenvalue weighted by Crippen LogP contribution is 2.17. The number of aromatic nitrogens is 3. The molecule has 0 radical (unpaired) electrons. The lowest BCUT2D eigenvalue weighted by molar-refractivity contribution is 0.742. The van der Waals surface area contributed by atoms with Crippen molar-refractivity contribution in [2.45, 2.75) is 40.0 Å². The fourth-order valence-electron chi connectivity index (χ4n) is 2.18. The molecule has 102 valence electrons. The first-order valence-corrected chi connectivity index (χ1v) is 6.76. The van der Waals surface area contributed by atoms with Crippen molar-refractivity contribution in [2.75, 3.05) is 6.54 Å². The summed E-state index contributed by atoms with van der Waals surface area (Å²) in [5.41, 5.74) is 9.20. The van der Waals surface area contributed by atoms with Gasteiger partial charge in [0.2, 0.25) is 0 Å². The van der Waals surface area contributed by atoms with Gasteiger partial charge in [-0.2, -0.15) is 5.10 Å². The van der Waals surface area contributed by atoms with Gasteiger partial charge < -0.3 is 5.73 Å². The number of hydrogen-bond donors (Lipinski definition) is 1. The second-order valence-electron chi connectivity index (χ2n) is 5.34. The third kappa shape index (κ3) is 3.01. The van der Waals surface area contributed by atoms with Crippen LogP contribution in [-0.2, 0) is 6.42 Å². The molecule has 4 nitrogen and oxygen atoms in total. The zero-order valence-corrected chi connectivity index (χ0v) is 12.1. The quantitative estimate of drug-likeness (QED) is 0.916. The molecule has 0 spiro atoms. The third-order valence-corrected chi connectivity index (χ3v) is 3.03. The van der Waals surface area contributed by atoms with Gasteiger partial charge in [-0.05, 0) is 43.7 Å². The normalized spacial score (nSPS) is 11.3. The summed E-state index contributed by atoms with van der Waals surface area (Å²) in [6, 6.07) is 6.42. The van der Waals surface area contributed by atoms with E-state index in [1.807, 2.05) is 4.68 Å². The zero-order chi connectivity index (χ0) is 14.0. The topological polar surface area (TPSA) is 56.7 Å². The van der Waals surface area contributed by atoms with Crippen molar-refractivity contribution in [1.82, 2.24) is 14.8 Å². The lowest BCUT2D eigenvalue weighted by Gasteiger charge is -2.07. The smallest absolute Gasteiger partial charge is 0.153 e. The van der Waals surface area contributed by atoms with Crippen LogP contribution in [-0.4, -0.2) is 21.3 Å². The Bertz CT molecular complexity index is 549. The standard InChI is InChI=1S/C15H22N4/c1-10(2)15-17-14(5-6-16)19(18-15)13-8-11(3)7-12(4)9-13/h7-10H,5-6,16H2,1-4H3. The van der Waals surface area contributed by atoms with E-state index in [0.717, 1.165) is 23.8 Å². The Balaban J connectivity index is 2.52. The van der Waals surface area contributed by atoms with Gasteiger partial charge in [0.05, 0.1) is 5.69 Å². The van der Waals surface area contributed by atoms with E-state index in [-0.39, 0.29) is 0 Å². The molecule has 2 rings (SSSR count). The molecule has 0 unspecified atom stereocenters. The van der Waals surface area contributed by atoms with E-state index in [1.54, 1.807) is 0 Å². The molecular formula is C15H22N4. The predicted octanol–water partition coefficient (Wildman–Crippen LogP) is 2.51. The molecule has 0 fully saturated rings. The number of nitrogens with two attached hydrogens (primary N) is 1. The number of rotatable bonds is 4. The summed E-state index contributed by atoms with van der Waals surface area (Å²) in [6.07, 6.45) is 0.743. The molecule has 0 aliphatic rings. The summed E-state index contributed by atoms with van der Waals surface area (Å²) in [5, 5.41) is 4.63. The molecule has 0 amide bonds. The van der Waals surface area contributed by atoms with Crippen LogP contribution in [0.2, 0.25) is 0 Å². The van der Waals surface area contributed by atoms with Crippen LogP contribution in [0.1, 0.15) is 42.5 Å². The number of benzene rings is 1. The van der Waals surface area contributed by atoms with Crippen LogP contribution in [0, 0.1) is 13.8 Å². The van der Waals surface area contributed by atoms with Crippen molar-refractivity contribution in [3.8, 4) is 5.69 Å². The van der Waals surface area contributed by atoms with Gasteiger partial charge in [-0.25, -0.2) is 9.67 Å². The van der Waals surface area contributed by atoms with Crippen molar-refractivity contribution < 1.29 is 0 Å². The van der Waals surface area contributed by atoms with E-state index in [2.05, 4.69) is 56.0 Å². The summed E-state index contributed by atoms with van der Waals surface area (Å²) < 4.78 is 1.93. The molecule has 1 heterocycles. The molecule has 0 atom stereocenters. The van der Waals surface area contributed by atoms with Crippen LogP contribution in [0.25, 0.3) is 5.69 Å². The van der Waals surface area contributed by atoms with Crippen molar-refractivity contribution in [3.05, 3.63) is 41.0 Å². The minimum atomic E-state index is 0.323. The maximum atomic E-state index is 5.67. The van der Waals surface area contributed by atoms with Gasteiger partial charge >= 0.3 is 0 Å². The number of aryl methyl sites for hydroxylation is 2. The molecule has 2 N–H and O–H groups in total. The van der Waals surface area contributed by atoms with E-state index in [1.165, 1.54) is 11.1 Å². The first kappa shape index (κ1) is 13.7. The van der Waals surface area contributed by atoms with Crippen molar-refractivity contribution in [2.24, 2.45) is 5.73 Å². The van der Waals surface area contributed by atoms with Crippen LogP contribution >= 0.6 is 0 Å². The van der Waals surface area contributed by atoms with Crippen LogP contribution < -0.4 is 5.73 Å². The van der Waals surface area contributed by atoms with Crippen molar-refractivity contribution in [3.63, 3.8) is 0 Å². The summed E-state index contributed by atoms with van der Waals surface area (Å²) in [7, 11) is 0. The maximum absolute atomic E-state index is 5.67. The van der Waals surface area contributed by atoms with Gasteiger partial charge in [-0.15, -0.1) is 0 Å². The molecule has 1 aromatic carbocycles. The molecule has 0 aliphatic carbocycles. The Labute approximate surface area is 114 Å². The Morgan fingerprint density at radius 3 is 2.32 bits per heavy atom. The molecule has 0 saturated heterocycles. The van der Waals surface area contributed by atoms with Crippen molar-refractivity contribution in [1.29, 1.82) is 0 Å². The molecular weight excluding hydrogens is 236 g/mol. The van der Waals surface area contributed by atoms with E-state index < -0.39 is 0 Å². The Morgan fingerprint density at radius 1 is 1.16 bits per heavy atom. The van der Waals surface area contributed by atoms with E-state index >= 15 is 0 Å². The highest BCUT2D eigenvalue weighted by molar-refractivity contribution is 5.39. The minimum Gasteiger partial charge on any atom is -0.330 e. The summed E-state index contributed by atoms with van der Waals surface area (Å²) in [5.74, 6) is 2.14. The first-order chi connectivity index (χ1) is 9.01.